The molecule has 1 aromatic heterocycles. The molecule has 0 saturated heterocycles. The van der Waals surface area contributed by atoms with Crippen molar-refractivity contribution in [1.29, 1.82) is 0 Å². The Kier molecular flexibility index (Phi) is 6.33. The average molecular weight is 481 g/mol. The number of para-hydroxylation sites is 1. The SMILES string of the molecule is Cn1c(=O)c(N(C(=O)O)c2cc(C(C)(C)C)c(O)c(C(C)(C)C)c2)c(N)n(-c2ccccc2)c1=O. The Hall–Kier alpha value is -4.01. The van der Waals surface area contributed by atoms with Crippen LogP contribution in [-0.4, -0.2) is 25.4 Å². The second-order valence-electron chi connectivity index (χ2n) is 10.6. The average Bonchev–Trinajstić information content (AvgIpc) is 2.74. The van der Waals surface area contributed by atoms with E-state index in [9.17, 15) is 24.6 Å². The molecule has 0 aliphatic carbocycles. The molecule has 0 fully saturated rings. The maximum atomic E-state index is 13.3. The van der Waals surface area contributed by atoms with Gasteiger partial charge in [-0.25, -0.2) is 19.1 Å². The Morgan fingerprint density at radius 1 is 0.943 bits per heavy atom. The highest BCUT2D eigenvalue weighted by atomic mass is 16.4. The lowest BCUT2D eigenvalue weighted by Crippen LogP contribution is -2.43. The summed E-state index contributed by atoms with van der Waals surface area (Å²) in [5.74, 6) is -0.247. The summed E-state index contributed by atoms with van der Waals surface area (Å²) in [6, 6.07) is 11.5. The molecule has 0 unspecified atom stereocenters. The van der Waals surface area contributed by atoms with Crippen molar-refractivity contribution in [2.75, 3.05) is 10.6 Å². The normalized spacial score (nSPS) is 12.0. The van der Waals surface area contributed by atoms with E-state index in [1.165, 1.54) is 19.2 Å². The van der Waals surface area contributed by atoms with Crippen molar-refractivity contribution in [2.45, 2.75) is 52.4 Å². The Morgan fingerprint density at radius 2 is 1.43 bits per heavy atom. The number of nitrogens with zero attached hydrogens (tertiary/aromatic N) is 3. The first kappa shape index (κ1) is 25.6. The minimum Gasteiger partial charge on any atom is -0.507 e. The highest BCUT2D eigenvalue weighted by molar-refractivity contribution is 5.98. The van der Waals surface area contributed by atoms with Crippen LogP contribution in [0.1, 0.15) is 52.7 Å². The van der Waals surface area contributed by atoms with Gasteiger partial charge in [0, 0.05) is 18.2 Å². The highest BCUT2D eigenvalue weighted by Crippen LogP contribution is 2.43. The third kappa shape index (κ3) is 4.53. The third-order valence-corrected chi connectivity index (χ3v) is 5.87. The van der Waals surface area contributed by atoms with Crippen molar-refractivity contribution in [1.82, 2.24) is 9.13 Å². The van der Waals surface area contributed by atoms with Gasteiger partial charge < -0.3 is 15.9 Å². The molecule has 0 aliphatic heterocycles. The number of amides is 1. The smallest absolute Gasteiger partial charge is 0.416 e. The van der Waals surface area contributed by atoms with E-state index in [1.807, 2.05) is 41.5 Å². The monoisotopic (exact) mass is 480 g/mol. The number of phenolic OH excluding ortho intramolecular Hbond substituents is 1. The minimum absolute atomic E-state index is 0.0641. The molecule has 2 aromatic carbocycles. The van der Waals surface area contributed by atoms with Gasteiger partial charge in [-0.3, -0.25) is 9.36 Å². The summed E-state index contributed by atoms with van der Waals surface area (Å²) in [5, 5.41) is 21.3. The van der Waals surface area contributed by atoms with E-state index in [0.717, 1.165) is 14.0 Å². The van der Waals surface area contributed by atoms with E-state index in [0.29, 0.717) is 16.8 Å². The molecule has 0 atom stereocenters. The zero-order valence-electron chi connectivity index (χ0n) is 21.1. The molecule has 0 aliphatic rings. The van der Waals surface area contributed by atoms with E-state index in [-0.39, 0.29) is 22.9 Å². The van der Waals surface area contributed by atoms with Crippen molar-refractivity contribution in [2.24, 2.45) is 7.05 Å². The molecule has 4 N–H and O–H groups in total. The summed E-state index contributed by atoms with van der Waals surface area (Å²) in [6.45, 7) is 11.4. The molecular formula is C26H32N4O5. The van der Waals surface area contributed by atoms with Gasteiger partial charge in [0.25, 0.3) is 5.56 Å². The maximum Gasteiger partial charge on any atom is 0.416 e. The zero-order chi connectivity index (χ0) is 26.5. The van der Waals surface area contributed by atoms with E-state index >= 15 is 0 Å². The first-order valence-corrected chi connectivity index (χ1v) is 11.1. The van der Waals surface area contributed by atoms with Gasteiger partial charge in [0.1, 0.15) is 11.6 Å². The lowest BCUT2D eigenvalue weighted by atomic mass is 9.79. The molecule has 3 aromatic rings. The standard InChI is InChI=1S/C26H32N4O5/c1-25(2,3)17-13-16(14-18(20(17)31)26(4,5)6)29(24(34)35)19-21(27)30(15-11-9-8-10-12-15)23(33)28(7)22(19)32/h8-14,31H,27H2,1-7H3,(H,34,35). The van der Waals surface area contributed by atoms with Gasteiger partial charge in [0.05, 0.1) is 11.4 Å². The number of phenols is 1. The molecule has 186 valence electrons. The summed E-state index contributed by atoms with van der Waals surface area (Å²) in [5.41, 5.74) is 4.86. The van der Waals surface area contributed by atoms with Gasteiger partial charge >= 0.3 is 11.8 Å². The van der Waals surface area contributed by atoms with Crippen molar-refractivity contribution < 1.29 is 15.0 Å². The van der Waals surface area contributed by atoms with Crippen LogP contribution in [-0.2, 0) is 17.9 Å². The molecular weight excluding hydrogens is 448 g/mol. The van der Waals surface area contributed by atoms with Gasteiger partial charge in [-0.2, -0.15) is 0 Å². The van der Waals surface area contributed by atoms with Gasteiger partial charge in [0.15, 0.2) is 5.69 Å². The summed E-state index contributed by atoms with van der Waals surface area (Å²) in [4.78, 5) is 39.6. The molecule has 0 radical (unpaired) electrons. The number of carbonyl (C=O) groups is 1. The van der Waals surface area contributed by atoms with Gasteiger partial charge in [-0.05, 0) is 35.1 Å². The Morgan fingerprint density at radius 3 is 1.86 bits per heavy atom. The lowest BCUT2D eigenvalue weighted by molar-refractivity contribution is 0.204. The van der Waals surface area contributed by atoms with E-state index in [2.05, 4.69) is 0 Å². The van der Waals surface area contributed by atoms with Crippen LogP contribution in [0.25, 0.3) is 5.69 Å². The van der Waals surface area contributed by atoms with Crippen molar-refractivity contribution in [3.63, 3.8) is 0 Å². The number of aromatic hydroxyl groups is 1. The summed E-state index contributed by atoms with van der Waals surface area (Å²) < 4.78 is 1.92. The first-order valence-electron chi connectivity index (χ1n) is 11.1. The molecule has 1 heterocycles. The van der Waals surface area contributed by atoms with Crippen LogP contribution < -0.4 is 21.9 Å². The number of hydrogen-bond donors (Lipinski definition) is 3. The van der Waals surface area contributed by atoms with E-state index in [4.69, 9.17) is 5.73 Å². The van der Waals surface area contributed by atoms with Crippen LogP contribution in [0.4, 0.5) is 22.0 Å². The zero-order valence-corrected chi connectivity index (χ0v) is 21.1. The molecule has 35 heavy (non-hydrogen) atoms. The predicted molar refractivity (Wildman–Crippen MR) is 137 cm³/mol. The molecule has 3 rings (SSSR count). The molecule has 0 saturated carbocycles. The Bertz CT molecular complexity index is 1370. The minimum atomic E-state index is -1.46. The number of aromatic nitrogens is 2. The first-order chi connectivity index (χ1) is 16.1. The lowest BCUT2D eigenvalue weighted by Gasteiger charge is -2.30. The van der Waals surface area contributed by atoms with Crippen LogP contribution in [0.15, 0.2) is 52.1 Å². The fraction of sp³-hybridized carbons (Fsp3) is 0.346. The number of anilines is 3. The third-order valence-electron chi connectivity index (χ3n) is 5.87. The Balaban J connectivity index is 2.47. The molecule has 0 spiro atoms. The predicted octanol–water partition coefficient (Wildman–Crippen LogP) is 4.24. The van der Waals surface area contributed by atoms with Crippen LogP contribution in [0.3, 0.4) is 0 Å². The highest BCUT2D eigenvalue weighted by Gasteiger charge is 2.32. The van der Waals surface area contributed by atoms with E-state index in [1.54, 1.807) is 30.3 Å². The molecule has 0 bridgehead atoms. The number of hydrogen-bond acceptors (Lipinski definition) is 5. The fourth-order valence-corrected chi connectivity index (χ4v) is 3.98. The van der Waals surface area contributed by atoms with Gasteiger partial charge in [0.2, 0.25) is 0 Å². The van der Waals surface area contributed by atoms with Crippen LogP contribution in [0.2, 0.25) is 0 Å². The summed E-state index contributed by atoms with van der Waals surface area (Å²) in [6.07, 6.45) is -1.46. The Labute approximate surface area is 203 Å². The number of nitrogens with two attached hydrogens (primary N) is 1. The van der Waals surface area contributed by atoms with Crippen LogP contribution in [0, 0.1) is 0 Å². The quantitative estimate of drug-likeness (QED) is 0.514. The number of rotatable bonds is 3. The number of nitrogen functional groups attached to an aromatic ring is 1. The molecule has 1 amide bonds. The van der Waals surface area contributed by atoms with Gasteiger partial charge in [-0.1, -0.05) is 59.7 Å². The van der Waals surface area contributed by atoms with Crippen molar-refractivity contribution in [3.05, 3.63) is 74.4 Å². The van der Waals surface area contributed by atoms with Crippen molar-refractivity contribution >= 4 is 23.3 Å². The second-order valence-corrected chi connectivity index (χ2v) is 10.6. The topological polar surface area (TPSA) is 131 Å². The second kappa shape index (κ2) is 8.65. The number of benzene rings is 2. The fourth-order valence-electron chi connectivity index (χ4n) is 3.98. The molecule has 9 nitrogen and oxygen atoms in total. The van der Waals surface area contributed by atoms with Gasteiger partial charge in [-0.15, -0.1) is 0 Å². The number of carboxylic acid groups (broad SMARTS) is 1. The largest absolute Gasteiger partial charge is 0.507 e. The summed E-state index contributed by atoms with van der Waals surface area (Å²) >= 11 is 0. The van der Waals surface area contributed by atoms with Crippen molar-refractivity contribution in [3.8, 4) is 11.4 Å². The van der Waals surface area contributed by atoms with Crippen LogP contribution >= 0.6 is 0 Å². The van der Waals surface area contributed by atoms with Crippen LogP contribution in [0.5, 0.6) is 5.75 Å². The van der Waals surface area contributed by atoms with E-state index < -0.39 is 28.2 Å². The maximum absolute atomic E-state index is 13.3. The molecule has 9 heteroatoms. The summed E-state index contributed by atoms with van der Waals surface area (Å²) in [7, 11) is 1.27.